The molecule has 5 heteroatoms. The van der Waals surface area contributed by atoms with E-state index in [1.165, 1.54) is 5.56 Å². The first-order chi connectivity index (χ1) is 14.0. The zero-order chi connectivity index (χ0) is 20.2. The number of nitrogens with one attached hydrogen (secondary N) is 1. The summed E-state index contributed by atoms with van der Waals surface area (Å²) in [6, 6.07) is 10.5. The van der Waals surface area contributed by atoms with Crippen molar-refractivity contribution in [2.45, 2.75) is 64.0 Å². The van der Waals surface area contributed by atoms with Gasteiger partial charge in [0.05, 0.1) is 6.61 Å². The standard InChI is InChI=1S/C24H28N2O3/c1-15-21-18(8-5-9-19(21)28)25-22(15)23(29)26-17-10-11-20(26)24(13-17,14-27)12-16-6-3-2-4-7-16/h2-4,6-7,17,20,25,27H,5,8-14H2,1H3/t17-,20+,24-/m0/s1. The van der Waals surface area contributed by atoms with Gasteiger partial charge in [-0.05, 0) is 56.6 Å². The van der Waals surface area contributed by atoms with Gasteiger partial charge < -0.3 is 15.0 Å². The van der Waals surface area contributed by atoms with E-state index in [2.05, 4.69) is 17.1 Å². The molecule has 1 aromatic heterocycles. The minimum Gasteiger partial charge on any atom is -0.396 e. The molecule has 0 radical (unpaired) electrons. The molecule has 2 fully saturated rings. The van der Waals surface area contributed by atoms with Gasteiger partial charge in [0, 0.05) is 35.2 Å². The van der Waals surface area contributed by atoms with Gasteiger partial charge in [-0.1, -0.05) is 30.3 Å². The van der Waals surface area contributed by atoms with Crippen molar-refractivity contribution in [1.82, 2.24) is 9.88 Å². The predicted octanol–water partition coefficient (Wildman–Crippen LogP) is 3.44. The number of ketones is 1. The van der Waals surface area contributed by atoms with Crippen molar-refractivity contribution in [2.24, 2.45) is 5.41 Å². The highest BCUT2D eigenvalue weighted by atomic mass is 16.3. The van der Waals surface area contributed by atoms with Crippen molar-refractivity contribution in [3.05, 3.63) is 58.4 Å². The summed E-state index contributed by atoms with van der Waals surface area (Å²) in [6.45, 7) is 1.98. The Balaban J connectivity index is 1.47. The second-order valence-electron chi connectivity index (χ2n) is 9.10. The topological polar surface area (TPSA) is 73.4 Å². The Morgan fingerprint density at radius 3 is 2.76 bits per heavy atom. The highest BCUT2D eigenvalue weighted by molar-refractivity contribution is 6.04. The first kappa shape index (κ1) is 18.6. The van der Waals surface area contributed by atoms with Gasteiger partial charge in [0.1, 0.15) is 5.69 Å². The summed E-state index contributed by atoms with van der Waals surface area (Å²) >= 11 is 0. The molecule has 3 atom stereocenters. The third-order valence-corrected chi connectivity index (χ3v) is 7.45. The van der Waals surface area contributed by atoms with E-state index in [4.69, 9.17) is 0 Å². The summed E-state index contributed by atoms with van der Waals surface area (Å²) in [5.74, 6) is 0.151. The molecule has 1 amide bonds. The fourth-order valence-corrected chi connectivity index (χ4v) is 6.13. The smallest absolute Gasteiger partial charge is 0.271 e. The lowest BCUT2D eigenvalue weighted by Crippen LogP contribution is -2.44. The van der Waals surface area contributed by atoms with Gasteiger partial charge in [0.2, 0.25) is 0 Å². The monoisotopic (exact) mass is 392 g/mol. The van der Waals surface area contributed by atoms with E-state index >= 15 is 0 Å². The Labute approximate surface area is 171 Å². The largest absolute Gasteiger partial charge is 0.396 e. The first-order valence-corrected chi connectivity index (χ1v) is 10.8. The number of nitrogens with zero attached hydrogens (tertiary/aromatic N) is 1. The fraction of sp³-hybridized carbons (Fsp3) is 0.500. The predicted molar refractivity (Wildman–Crippen MR) is 110 cm³/mol. The van der Waals surface area contributed by atoms with Crippen LogP contribution < -0.4 is 0 Å². The Hall–Kier alpha value is -2.40. The molecule has 5 rings (SSSR count). The summed E-state index contributed by atoms with van der Waals surface area (Å²) in [5, 5.41) is 10.4. The molecule has 2 saturated heterocycles. The van der Waals surface area contributed by atoms with E-state index in [1.807, 2.05) is 30.0 Å². The third kappa shape index (κ3) is 2.78. The third-order valence-electron chi connectivity index (χ3n) is 7.45. The van der Waals surface area contributed by atoms with Gasteiger partial charge in [0.15, 0.2) is 5.78 Å². The molecule has 2 bridgehead atoms. The van der Waals surface area contributed by atoms with Crippen LogP contribution in [-0.4, -0.2) is 45.4 Å². The van der Waals surface area contributed by atoms with Crippen LogP contribution in [0.25, 0.3) is 0 Å². The number of aromatic nitrogens is 1. The van der Waals surface area contributed by atoms with Crippen molar-refractivity contribution < 1.29 is 14.7 Å². The number of benzene rings is 1. The Morgan fingerprint density at radius 1 is 1.24 bits per heavy atom. The van der Waals surface area contributed by atoms with Crippen molar-refractivity contribution in [3.63, 3.8) is 0 Å². The van der Waals surface area contributed by atoms with Crippen LogP contribution in [0.15, 0.2) is 30.3 Å². The van der Waals surface area contributed by atoms with E-state index in [0.717, 1.165) is 55.3 Å². The van der Waals surface area contributed by atoms with Crippen molar-refractivity contribution in [3.8, 4) is 0 Å². The van der Waals surface area contributed by atoms with Crippen molar-refractivity contribution >= 4 is 11.7 Å². The van der Waals surface area contributed by atoms with Crippen LogP contribution in [0.3, 0.4) is 0 Å². The molecular weight excluding hydrogens is 364 g/mol. The molecule has 0 spiro atoms. The number of hydrogen-bond donors (Lipinski definition) is 2. The maximum absolute atomic E-state index is 13.6. The molecule has 3 aliphatic rings. The maximum atomic E-state index is 13.6. The van der Waals surface area contributed by atoms with Gasteiger partial charge in [0.25, 0.3) is 5.91 Å². The molecule has 2 aromatic rings. The fourth-order valence-electron chi connectivity index (χ4n) is 6.13. The average Bonchev–Trinajstić information content (AvgIpc) is 3.39. The van der Waals surface area contributed by atoms with E-state index in [0.29, 0.717) is 12.1 Å². The number of amides is 1. The molecule has 3 heterocycles. The maximum Gasteiger partial charge on any atom is 0.271 e. The van der Waals surface area contributed by atoms with Crippen LogP contribution in [0, 0.1) is 12.3 Å². The van der Waals surface area contributed by atoms with Gasteiger partial charge >= 0.3 is 0 Å². The lowest BCUT2D eigenvalue weighted by atomic mass is 9.70. The molecule has 5 nitrogen and oxygen atoms in total. The first-order valence-electron chi connectivity index (χ1n) is 10.8. The molecule has 2 N–H and O–H groups in total. The molecule has 0 saturated carbocycles. The number of aromatic amines is 1. The number of carbonyl (C=O) groups excluding carboxylic acids is 2. The van der Waals surface area contributed by atoms with E-state index in [1.54, 1.807) is 0 Å². The van der Waals surface area contributed by atoms with Crippen LogP contribution in [0.5, 0.6) is 0 Å². The summed E-state index contributed by atoms with van der Waals surface area (Å²) in [5.41, 5.74) is 3.97. The average molecular weight is 392 g/mol. The van der Waals surface area contributed by atoms with E-state index in [-0.39, 0.29) is 35.8 Å². The summed E-state index contributed by atoms with van der Waals surface area (Å²) in [6.07, 6.45) is 5.80. The molecule has 2 aliphatic heterocycles. The number of aliphatic hydroxyl groups excluding tert-OH is 1. The second-order valence-corrected chi connectivity index (χ2v) is 9.10. The van der Waals surface area contributed by atoms with Gasteiger partial charge in [-0.3, -0.25) is 9.59 Å². The van der Waals surface area contributed by atoms with Gasteiger partial charge in [-0.25, -0.2) is 0 Å². The number of Topliss-reactive ketones (excluding diaryl/α,β-unsaturated/α-hetero) is 1. The Bertz CT molecular complexity index is 964. The molecule has 1 aromatic carbocycles. The number of aliphatic hydroxyl groups is 1. The SMILES string of the molecule is Cc1c(C(=O)N2[C@H]3CC[C@@H]2[C@@](CO)(Cc2ccccc2)C3)[nH]c2c1C(=O)CCC2. The van der Waals surface area contributed by atoms with Crippen LogP contribution in [0.1, 0.15) is 69.8 Å². The molecule has 0 unspecified atom stereocenters. The Morgan fingerprint density at radius 2 is 2.03 bits per heavy atom. The number of rotatable bonds is 4. The van der Waals surface area contributed by atoms with E-state index < -0.39 is 0 Å². The van der Waals surface area contributed by atoms with Crippen LogP contribution >= 0.6 is 0 Å². The van der Waals surface area contributed by atoms with Crippen molar-refractivity contribution in [1.29, 1.82) is 0 Å². The summed E-state index contributed by atoms with van der Waals surface area (Å²) < 4.78 is 0. The zero-order valence-electron chi connectivity index (χ0n) is 16.9. The van der Waals surface area contributed by atoms with Gasteiger partial charge in [-0.15, -0.1) is 0 Å². The number of fused-ring (bicyclic) bond motifs is 3. The minimum absolute atomic E-state index is 0.000543. The van der Waals surface area contributed by atoms with Crippen LogP contribution in [-0.2, 0) is 12.8 Å². The van der Waals surface area contributed by atoms with Gasteiger partial charge in [-0.2, -0.15) is 0 Å². The molecular formula is C24H28N2O3. The zero-order valence-corrected chi connectivity index (χ0v) is 16.9. The molecule has 152 valence electrons. The highest BCUT2D eigenvalue weighted by Gasteiger charge is 2.57. The quantitative estimate of drug-likeness (QED) is 0.837. The summed E-state index contributed by atoms with van der Waals surface area (Å²) in [7, 11) is 0. The van der Waals surface area contributed by atoms with Crippen LogP contribution in [0.2, 0.25) is 0 Å². The molecule has 1 aliphatic carbocycles. The second kappa shape index (κ2) is 6.84. The lowest BCUT2D eigenvalue weighted by molar-refractivity contribution is 0.0566. The normalized spacial score (nSPS) is 28.1. The summed E-state index contributed by atoms with van der Waals surface area (Å²) in [4.78, 5) is 31.3. The molecule has 29 heavy (non-hydrogen) atoms. The highest BCUT2D eigenvalue weighted by Crippen LogP contribution is 2.52. The van der Waals surface area contributed by atoms with E-state index in [9.17, 15) is 14.7 Å². The Kier molecular flexibility index (Phi) is 4.39. The van der Waals surface area contributed by atoms with Crippen molar-refractivity contribution in [2.75, 3.05) is 6.61 Å². The minimum atomic E-state index is -0.282. The van der Waals surface area contributed by atoms with Crippen LogP contribution in [0.4, 0.5) is 0 Å². The number of carbonyl (C=O) groups is 2. The number of hydrogen-bond acceptors (Lipinski definition) is 3. The number of aryl methyl sites for hydroxylation is 1. The lowest BCUT2D eigenvalue weighted by Gasteiger charge is -2.36. The number of H-pyrrole nitrogens is 1.